The molecule has 100 valence electrons. The molecule has 0 aliphatic rings. The summed E-state index contributed by atoms with van der Waals surface area (Å²) in [6.45, 7) is 1.90. The van der Waals surface area contributed by atoms with E-state index in [-0.39, 0.29) is 6.54 Å². The molecule has 0 unspecified atom stereocenters. The highest BCUT2D eigenvalue weighted by Crippen LogP contribution is 2.09. The lowest BCUT2D eigenvalue weighted by atomic mass is 10.2. The molecule has 5 nitrogen and oxygen atoms in total. The fraction of sp³-hybridized carbons (Fsp3) is 0.250. The third-order valence-electron chi connectivity index (χ3n) is 2.44. The molecule has 1 amide bonds. The van der Waals surface area contributed by atoms with E-state index in [0.29, 0.717) is 18.1 Å². The van der Waals surface area contributed by atoms with E-state index in [1.807, 2.05) is 6.92 Å². The first-order valence-corrected chi connectivity index (χ1v) is 5.63. The Morgan fingerprint density at radius 2 is 2.21 bits per heavy atom. The third kappa shape index (κ3) is 2.93. The highest BCUT2D eigenvalue weighted by molar-refractivity contribution is 5.94. The first-order valence-electron chi connectivity index (χ1n) is 5.63. The monoisotopic (exact) mass is 267 g/mol. The number of aryl methyl sites for hydroxylation is 1. The Hall–Kier alpha value is -2.31. The van der Waals surface area contributed by atoms with Gasteiger partial charge in [0, 0.05) is 12.6 Å². The summed E-state index contributed by atoms with van der Waals surface area (Å²) in [5, 5.41) is 2.39. The van der Waals surface area contributed by atoms with Crippen LogP contribution in [0.5, 0.6) is 0 Å². The zero-order valence-corrected chi connectivity index (χ0v) is 10.1. The Morgan fingerprint density at radius 1 is 1.42 bits per heavy atom. The zero-order valence-electron chi connectivity index (χ0n) is 10.1. The van der Waals surface area contributed by atoms with Crippen LogP contribution in [-0.2, 0) is 13.0 Å². The number of halogens is 2. The largest absolute Gasteiger partial charge is 0.444 e. The van der Waals surface area contributed by atoms with Gasteiger partial charge in [0.05, 0.1) is 18.3 Å². The van der Waals surface area contributed by atoms with E-state index in [4.69, 9.17) is 4.42 Å². The van der Waals surface area contributed by atoms with Crippen molar-refractivity contribution < 1.29 is 18.0 Å². The maximum atomic E-state index is 13.3. The molecular formula is C12H11F2N3O2. The summed E-state index contributed by atoms with van der Waals surface area (Å²) in [4.78, 5) is 18.7. The Kier molecular flexibility index (Phi) is 3.84. The van der Waals surface area contributed by atoms with Crippen molar-refractivity contribution >= 4 is 5.91 Å². The fourth-order valence-electron chi connectivity index (χ4n) is 1.44. The summed E-state index contributed by atoms with van der Waals surface area (Å²) >= 11 is 0. The number of pyridine rings is 1. The van der Waals surface area contributed by atoms with E-state index >= 15 is 0 Å². The van der Waals surface area contributed by atoms with Gasteiger partial charge < -0.3 is 9.73 Å². The van der Waals surface area contributed by atoms with Crippen molar-refractivity contribution in [3.05, 3.63) is 47.4 Å². The van der Waals surface area contributed by atoms with Crippen LogP contribution in [-0.4, -0.2) is 15.9 Å². The van der Waals surface area contributed by atoms with E-state index in [9.17, 15) is 13.6 Å². The molecule has 1 N–H and O–H groups in total. The molecule has 0 saturated heterocycles. The molecule has 2 aromatic rings. The van der Waals surface area contributed by atoms with Gasteiger partial charge >= 0.3 is 0 Å². The molecule has 2 heterocycles. The maximum absolute atomic E-state index is 13.3. The van der Waals surface area contributed by atoms with Gasteiger partial charge in [0.15, 0.2) is 5.82 Å². The van der Waals surface area contributed by atoms with Crippen LogP contribution in [0.1, 0.15) is 28.9 Å². The summed E-state index contributed by atoms with van der Waals surface area (Å²) in [6, 6.07) is 1.10. The number of nitrogens with zero attached hydrogens (tertiary/aromatic N) is 2. The number of hydrogen-bond acceptors (Lipinski definition) is 4. The van der Waals surface area contributed by atoms with Crippen LogP contribution in [0.15, 0.2) is 22.9 Å². The van der Waals surface area contributed by atoms with Gasteiger partial charge in [-0.05, 0) is 6.07 Å². The van der Waals surface area contributed by atoms with Gasteiger partial charge in [-0.1, -0.05) is 6.92 Å². The first-order chi connectivity index (χ1) is 9.11. The molecular weight excluding hydrogens is 256 g/mol. The van der Waals surface area contributed by atoms with Gasteiger partial charge in [-0.25, -0.2) is 14.4 Å². The second-order valence-electron chi connectivity index (χ2n) is 3.72. The maximum Gasteiger partial charge on any atom is 0.254 e. The van der Waals surface area contributed by atoms with Crippen LogP contribution in [0.2, 0.25) is 0 Å². The van der Waals surface area contributed by atoms with Crippen LogP contribution in [0.3, 0.4) is 0 Å². The second kappa shape index (κ2) is 5.55. The molecule has 7 heteroatoms. The van der Waals surface area contributed by atoms with E-state index in [1.165, 1.54) is 0 Å². The van der Waals surface area contributed by atoms with Gasteiger partial charge in [0.1, 0.15) is 5.76 Å². The van der Waals surface area contributed by atoms with E-state index in [2.05, 4.69) is 15.3 Å². The molecule has 2 aromatic heterocycles. The standard InChI is InChI=1S/C12H11F2N3O2/c1-2-7-5-16-9(19-7)6-17-12(18)8-3-4-15-11(14)10(8)13/h3-5H,2,6H2,1H3,(H,17,18). The molecule has 0 atom stereocenters. The summed E-state index contributed by atoms with van der Waals surface area (Å²) in [7, 11) is 0. The molecule has 0 radical (unpaired) electrons. The predicted molar refractivity (Wildman–Crippen MR) is 61.2 cm³/mol. The van der Waals surface area contributed by atoms with Gasteiger partial charge in [-0.2, -0.15) is 4.39 Å². The quantitative estimate of drug-likeness (QED) is 0.858. The number of aromatic nitrogens is 2. The molecule has 0 fully saturated rings. The number of rotatable bonds is 4. The average Bonchev–Trinajstić information content (AvgIpc) is 2.87. The zero-order chi connectivity index (χ0) is 13.8. The molecule has 0 aromatic carbocycles. The van der Waals surface area contributed by atoms with E-state index < -0.39 is 23.2 Å². The number of carbonyl (C=O) groups excluding carboxylic acids is 1. The van der Waals surface area contributed by atoms with Crippen molar-refractivity contribution in [3.63, 3.8) is 0 Å². The van der Waals surface area contributed by atoms with Crippen LogP contribution in [0, 0.1) is 11.8 Å². The Bertz CT molecular complexity index is 598. The first kappa shape index (κ1) is 13.1. The normalized spacial score (nSPS) is 10.5. The van der Waals surface area contributed by atoms with Crippen molar-refractivity contribution in [1.82, 2.24) is 15.3 Å². The van der Waals surface area contributed by atoms with Crippen LogP contribution >= 0.6 is 0 Å². The lowest BCUT2D eigenvalue weighted by molar-refractivity contribution is 0.0941. The Labute approximate surface area is 107 Å². The van der Waals surface area contributed by atoms with Crippen molar-refractivity contribution in [1.29, 1.82) is 0 Å². The van der Waals surface area contributed by atoms with Gasteiger partial charge in [0.25, 0.3) is 5.91 Å². The SMILES string of the molecule is CCc1cnc(CNC(=O)c2ccnc(F)c2F)o1. The van der Waals surface area contributed by atoms with Crippen molar-refractivity contribution in [3.8, 4) is 0 Å². The van der Waals surface area contributed by atoms with E-state index in [1.54, 1.807) is 6.20 Å². The third-order valence-corrected chi connectivity index (χ3v) is 2.44. The topological polar surface area (TPSA) is 68.0 Å². The summed E-state index contributed by atoms with van der Waals surface area (Å²) in [6.07, 6.45) is 3.26. The smallest absolute Gasteiger partial charge is 0.254 e. The van der Waals surface area contributed by atoms with Gasteiger partial charge in [-0.15, -0.1) is 0 Å². The highest BCUT2D eigenvalue weighted by Gasteiger charge is 2.16. The molecule has 0 spiro atoms. The van der Waals surface area contributed by atoms with Crippen LogP contribution in [0.25, 0.3) is 0 Å². The summed E-state index contributed by atoms with van der Waals surface area (Å²) < 4.78 is 31.4. The minimum absolute atomic E-state index is 0.00220. The predicted octanol–water partition coefficient (Wildman–Crippen LogP) is 1.84. The highest BCUT2D eigenvalue weighted by atomic mass is 19.2. The molecule has 0 saturated carbocycles. The lowest BCUT2D eigenvalue weighted by Crippen LogP contribution is -2.24. The molecule has 0 aliphatic carbocycles. The average molecular weight is 267 g/mol. The van der Waals surface area contributed by atoms with Crippen molar-refractivity contribution in [2.24, 2.45) is 0 Å². The Morgan fingerprint density at radius 3 is 2.89 bits per heavy atom. The summed E-state index contributed by atoms with van der Waals surface area (Å²) in [5.74, 6) is -2.35. The number of amides is 1. The second-order valence-corrected chi connectivity index (χ2v) is 3.72. The molecule has 2 rings (SSSR count). The fourth-order valence-corrected chi connectivity index (χ4v) is 1.44. The molecule has 0 aliphatic heterocycles. The van der Waals surface area contributed by atoms with Gasteiger partial charge in [-0.3, -0.25) is 4.79 Å². The lowest BCUT2D eigenvalue weighted by Gasteiger charge is -2.03. The Balaban J connectivity index is 2.03. The number of oxazole rings is 1. The van der Waals surface area contributed by atoms with Crippen LogP contribution < -0.4 is 5.32 Å². The van der Waals surface area contributed by atoms with E-state index in [0.717, 1.165) is 12.3 Å². The number of nitrogens with one attached hydrogen (secondary N) is 1. The minimum Gasteiger partial charge on any atom is -0.444 e. The van der Waals surface area contributed by atoms with Crippen molar-refractivity contribution in [2.75, 3.05) is 0 Å². The van der Waals surface area contributed by atoms with Gasteiger partial charge in [0.2, 0.25) is 11.8 Å². The minimum atomic E-state index is -1.31. The molecule has 0 bridgehead atoms. The number of hydrogen-bond donors (Lipinski definition) is 1. The van der Waals surface area contributed by atoms with Crippen LogP contribution in [0.4, 0.5) is 8.78 Å². The summed E-state index contributed by atoms with van der Waals surface area (Å²) in [5.41, 5.74) is -0.408. The van der Waals surface area contributed by atoms with Crippen molar-refractivity contribution in [2.45, 2.75) is 19.9 Å². The number of carbonyl (C=O) groups is 1. The molecule has 19 heavy (non-hydrogen) atoms.